The second kappa shape index (κ2) is 6.32. The molecule has 0 unspecified atom stereocenters. The third kappa shape index (κ3) is 3.98. The van der Waals surface area contributed by atoms with Crippen LogP contribution in [0.5, 0.6) is 5.75 Å². The normalized spacial score (nSPS) is 22.8. The molecule has 5 nitrogen and oxygen atoms in total. The average molecular weight is 358 g/mol. The average Bonchev–Trinajstić information content (AvgIpc) is 3.24. The molecule has 1 atom stereocenters. The highest BCUT2D eigenvalue weighted by atomic mass is 35.5. The Morgan fingerprint density at radius 2 is 2.04 bits per heavy atom. The predicted molar refractivity (Wildman–Crippen MR) is 88.6 cm³/mol. The Kier molecular flexibility index (Phi) is 4.56. The summed E-state index contributed by atoms with van der Waals surface area (Å²) < 4.78 is 28.9. The molecule has 1 saturated carbocycles. The number of benzene rings is 1. The lowest BCUT2D eigenvalue weighted by Crippen LogP contribution is -2.45. The van der Waals surface area contributed by atoms with Crippen molar-refractivity contribution in [2.75, 3.05) is 18.1 Å². The van der Waals surface area contributed by atoms with Gasteiger partial charge in [0, 0.05) is 17.1 Å². The van der Waals surface area contributed by atoms with Gasteiger partial charge in [-0.3, -0.25) is 4.79 Å². The molecule has 23 heavy (non-hydrogen) atoms. The highest BCUT2D eigenvalue weighted by Crippen LogP contribution is 2.32. The number of aryl methyl sites for hydroxylation is 1. The van der Waals surface area contributed by atoms with Crippen molar-refractivity contribution in [3.8, 4) is 5.75 Å². The van der Waals surface area contributed by atoms with Gasteiger partial charge in [0.25, 0.3) is 5.91 Å². The standard InChI is InChI=1S/C16H20ClNO4S/c1-11-8-14(4-5-15(11)17)22-9-16(19)18(12-2-3-12)13-6-7-23(20,21)10-13/h4-5,8,12-13H,2-3,6-7,9-10H2,1H3/t13-/m1/s1. The van der Waals surface area contributed by atoms with Crippen molar-refractivity contribution in [1.82, 2.24) is 4.90 Å². The number of ether oxygens (including phenoxy) is 1. The van der Waals surface area contributed by atoms with Crippen molar-refractivity contribution in [2.24, 2.45) is 0 Å². The van der Waals surface area contributed by atoms with Crippen LogP contribution in [0.2, 0.25) is 5.02 Å². The van der Waals surface area contributed by atoms with Gasteiger partial charge in [-0.2, -0.15) is 0 Å². The van der Waals surface area contributed by atoms with Gasteiger partial charge in [0.2, 0.25) is 0 Å². The van der Waals surface area contributed by atoms with Gasteiger partial charge >= 0.3 is 0 Å². The first-order chi connectivity index (χ1) is 10.9. The Balaban J connectivity index is 1.64. The first-order valence-electron chi connectivity index (χ1n) is 7.76. The molecule has 1 amide bonds. The Bertz CT molecular complexity index is 715. The second-order valence-corrected chi connectivity index (χ2v) is 8.92. The van der Waals surface area contributed by atoms with E-state index in [2.05, 4.69) is 0 Å². The van der Waals surface area contributed by atoms with E-state index in [1.807, 2.05) is 6.92 Å². The van der Waals surface area contributed by atoms with Gasteiger partial charge in [0.05, 0.1) is 11.5 Å². The molecule has 1 aliphatic heterocycles. The predicted octanol–water partition coefficient (Wildman–Crippen LogP) is 2.21. The fourth-order valence-electron chi connectivity index (χ4n) is 2.98. The fourth-order valence-corrected chi connectivity index (χ4v) is 4.81. The molecule has 7 heteroatoms. The number of carbonyl (C=O) groups excluding carboxylic acids is 1. The largest absolute Gasteiger partial charge is 0.484 e. The Morgan fingerprint density at radius 1 is 1.30 bits per heavy atom. The zero-order valence-electron chi connectivity index (χ0n) is 13.0. The topological polar surface area (TPSA) is 63.7 Å². The number of halogens is 1. The molecule has 126 valence electrons. The van der Waals surface area contributed by atoms with Gasteiger partial charge in [0.1, 0.15) is 5.75 Å². The lowest BCUT2D eigenvalue weighted by Gasteiger charge is -2.28. The summed E-state index contributed by atoms with van der Waals surface area (Å²) in [5.41, 5.74) is 0.887. The molecule has 2 fully saturated rings. The number of hydrogen-bond donors (Lipinski definition) is 0. The van der Waals surface area contributed by atoms with Crippen LogP contribution in [0.1, 0.15) is 24.8 Å². The quantitative estimate of drug-likeness (QED) is 0.810. The van der Waals surface area contributed by atoms with Gasteiger partial charge in [-0.05, 0) is 49.9 Å². The smallest absolute Gasteiger partial charge is 0.261 e. The molecule has 0 radical (unpaired) electrons. The third-order valence-electron chi connectivity index (χ3n) is 4.32. The summed E-state index contributed by atoms with van der Waals surface area (Å²) in [5, 5.41) is 0.652. The summed E-state index contributed by atoms with van der Waals surface area (Å²) in [7, 11) is -3.01. The fraction of sp³-hybridized carbons (Fsp3) is 0.562. The molecule has 1 heterocycles. The molecule has 1 aromatic rings. The summed E-state index contributed by atoms with van der Waals surface area (Å²) in [4.78, 5) is 14.3. The Morgan fingerprint density at radius 3 is 2.61 bits per heavy atom. The summed E-state index contributed by atoms with van der Waals surface area (Å²) in [6.07, 6.45) is 2.43. The van der Waals surface area contributed by atoms with Crippen molar-refractivity contribution in [3.63, 3.8) is 0 Å². The van der Waals surface area contributed by atoms with Crippen LogP contribution in [-0.4, -0.2) is 49.4 Å². The van der Waals surface area contributed by atoms with Gasteiger partial charge in [-0.25, -0.2) is 8.42 Å². The van der Waals surface area contributed by atoms with Crippen LogP contribution in [0, 0.1) is 6.92 Å². The Hall–Kier alpha value is -1.27. The van der Waals surface area contributed by atoms with E-state index in [4.69, 9.17) is 16.3 Å². The van der Waals surface area contributed by atoms with Crippen molar-refractivity contribution in [2.45, 2.75) is 38.3 Å². The summed E-state index contributed by atoms with van der Waals surface area (Å²) in [5.74, 6) is 0.706. The summed E-state index contributed by atoms with van der Waals surface area (Å²) in [6, 6.07) is 5.23. The summed E-state index contributed by atoms with van der Waals surface area (Å²) in [6.45, 7) is 1.80. The minimum Gasteiger partial charge on any atom is -0.484 e. The van der Waals surface area contributed by atoms with Gasteiger partial charge in [0.15, 0.2) is 16.4 Å². The van der Waals surface area contributed by atoms with Crippen molar-refractivity contribution < 1.29 is 17.9 Å². The maximum atomic E-state index is 12.5. The molecule has 0 spiro atoms. The number of sulfone groups is 1. The third-order valence-corrected chi connectivity index (χ3v) is 6.50. The molecule has 0 N–H and O–H groups in total. The molecular weight excluding hydrogens is 338 g/mol. The van der Waals surface area contributed by atoms with E-state index in [1.165, 1.54) is 0 Å². The van der Waals surface area contributed by atoms with Crippen molar-refractivity contribution in [3.05, 3.63) is 28.8 Å². The lowest BCUT2D eigenvalue weighted by molar-refractivity contribution is -0.135. The van der Waals surface area contributed by atoms with Gasteiger partial charge < -0.3 is 9.64 Å². The van der Waals surface area contributed by atoms with E-state index in [9.17, 15) is 13.2 Å². The molecule has 1 saturated heterocycles. The van der Waals surface area contributed by atoms with Crippen LogP contribution < -0.4 is 4.74 Å². The monoisotopic (exact) mass is 357 g/mol. The van der Waals surface area contributed by atoms with Crippen LogP contribution in [0.25, 0.3) is 0 Å². The first-order valence-corrected chi connectivity index (χ1v) is 9.96. The molecule has 1 aromatic carbocycles. The van der Waals surface area contributed by atoms with E-state index in [1.54, 1.807) is 23.1 Å². The van der Waals surface area contributed by atoms with E-state index in [0.29, 0.717) is 17.2 Å². The maximum Gasteiger partial charge on any atom is 0.261 e. The highest BCUT2D eigenvalue weighted by Gasteiger charge is 2.42. The van der Waals surface area contributed by atoms with E-state index < -0.39 is 9.84 Å². The van der Waals surface area contributed by atoms with Crippen molar-refractivity contribution in [1.29, 1.82) is 0 Å². The zero-order chi connectivity index (χ0) is 16.6. The number of hydrogen-bond acceptors (Lipinski definition) is 4. The molecule has 3 rings (SSSR count). The highest BCUT2D eigenvalue weighted by molar-refractivity contribution is 7.91. The zero-order valence-corrected chi connectivity index (χ0v) is 14.6. The number of rotatable bonds is 5. The number of amides is 1. The van der Waals surface area contributed by atoms with Crippen LogP contribution in [0.3, 0.4) is 0 Å². The van der Waals surface area contributed by atoms with Gasteiger partial charge in [-0.1, -0.05) is 11.6 Å². The van der Waals surface area contributed by atoms with Gasteiger partial charge in [-0.15, -0.1) is 0 Å². The minimum atomic E-state index is -3.01. The SMILES string of the molecule is Cc1cc(OCC(=O)N(C2CC2)[C@@H]2CCS(=O)(=O)C2)ccc1Cl. The van der Waals surface area contributed by atoms with Crippen LogP contribution in [0.15, 0.2) is 18.2 Å². The Labute approximate surface area is 141 Å². The van der Waals surface area contributed by atoms with E-state index in [-0.39, 0.29) is 36.1 Å². The number of carbonyl (C=O) groups is 1. The second-order valence-electron chi connectivity index (χ2n) is 6.29. The van der Waals surface area contributed by atoms with E-state index >= 15 is 0 Å². The lowest BCUT2D eigenvalue weighted by atomic mass is 10.2. The molecule has 1 aliphatic carbocycles. The maximum absolute atomic E-state index is 12.5. The van der Waals surface area contributed by atoms with Crippen LogP contribution >= 0.6 is 11.6 Å². The molecule has 0 bridgehead atoms. The van der Waals surface area contributed by atoms with Crippen LogP contribution in [0.4, 0.5) is 0 Å². The molecule has 0 aromatic heterocycles. The molecule has 2 aliphatic rings. The molecular formula is C16H20ClNO4S. The van der Waals surface area contributed by atoms with Crippen molar-refractivity contribution >= 4 is 27.3 Å². The minimum absolute atomic E-state index is 0.0753. The summed E-state index contributed by atoms with van der Waals surface area (Å²) >= 11 is 5.97. The first kappa shape index (κ1) is 16.6. The van der Waals surface area contributed by atoms with E-state index in [0.717, 1.165) is 18.4 Å². The number of nitrogens with zero attached hydrogens (tertiary/aromatic N) is 1. The van der Waals surface area contributed by atoms with Crippen LogP contribution in [-0.2, 0) is 14.6 Å².